The number of urea groups is 1. The first-order valence-electron chi connectivity index (χ1n) is 7.23. The Bertz CT molecular complexity index is 436. The van der Waals surface area contributed by atoms with Gasteiger partial charge in [-0.3, -0.25) is 0 Å². The summed E-state index contributed by atoms with van der Waals surface area (Å²) in [5, 5.41) is 5.64. The predicted octanol–water partition coefficient (Wildman–Crippen LogP) is 2.94. The Morgan fingerprint density at radius 1 is 1.19 bits per heavy atom. The van der Waals surface area contributed by atoms with Gasteiger partial charge in [0.1, 0.15) is 5.75 Å². The van der Waals surface area contributed by atoms with Crippen LogP contribution in [0.5, 0.6) is 5.75 Å². The molecule has 0 aliphatic carbocycles. The molecule has 5 nitrogen and oxygen atoms in total. The molecule has 0 aromatic heterocycles. The van der Waals surface area contributed by atoms with Crippen molar-refractivity contribution in [3.63, 3.8) is 0 Å². The van der Waals surface area contributed by atoms with E-state index in [1.54, 1.807) is 0 Å². The zero-order valence-corrected chi connectivity index (χ0v) is 13.7. The number of hydrogen-bond donors (Lipinski definition) is 2. The Hall–Kier alpha value is -1.75. The highest BCUT2D eigenvalue weighted by molar-refractivity contribution is 5.89. The van der Waals surface area contributed by atoms with E-state index >= 15 is 0 Å². The molecule has 0 bridgehead atoms. The van der Waals surface area contributed by atoms with Crippen LogP contribution < -0.4 is 15.4 Å². The van der Waals surface area contributed by atoms with Crippen LogP contribution >= 0.6 is 0 Å². The quantitative estimate of drug-likeness (QED) is 0.793. The smallest absolute Gasteiger partial charge is 0.319 e. The van der Waals surface area contributed by atoms with Gasteiger partial charge >= 0.3 is 6.03 Å². The van der Waals surface area contributed by atoms with Crippen LogP contribution in [0.3, 0.4) is 0 Å². The number of carbonyl (C=O) groups excluding carboxylic acids is 1. The Labute approximate surface area is 127 Å². The number of carbonyl (C=O) groups is 1. The molecule has 118 valence electrons. The van der Waals surface area contributed by atoms with Crippen molar-refractivity contribution in [1.29, 1.82) is 0 Å². The first-order valence-corrected chi connectivity index (χ1v) is 7.23. The summed E-state index contributed by atoms with van der Waals surface area (Å²) in [6, 6.07) is 7.19. The van der Waals surface area contributed by atoms with Gasteiger partial charge in [0.2, 0.25) is 0 Å². The summed E-state index contributed by atoms with van der Waals surface area (Å²) in [6.45, 7) is 7.52. The van der Waals surface area contributed by atoms with E-state index in [4.69, 9.17) is 4.74 Å². The van der Waals surface area contributed by atoms with Gasteiger partial charge in [-0.15, -0.1) is 0 Å². The number of rotatable bonds is 6. The molecule has 0 fully saturated rings. The van der Waals surface area contributed by atoms with Crippen molar-refractivity contribution in [3.8, 4) is 5.75 Å². The minimum absolute atomic E-state index is 0.206. The van der Waals surface area contributed by atoms with Crippen molar-refractivity contribution < 1.29 is 9.53 Å². The Morgan fingerprint density at radius 3 is 2.33 bits per heavy atom. The molecule has 2 amide bonds. The largest absolute Gasteiger partial charge is 0.494 e. The summed E-state index contributed by atoms with van der Waals surface area (Å²) < 4.78 is 5.64. The standard InChI is InChI=1S/C16H27N3O2/c1-16(2,3)18-15(20)17-13-7-9-14(10-8-13)21-12-6-11-19(4)5/h7-10H,6,11-12H2,1-5H3,(H2,17,18,20). The molecular formula is C16H27N3O2. The van der Waals surface area contributed by atoms with Crippen LogP contribution in [0.1, 0.15) is 27.2 Å². The summed E-state index contributed by atoms with van der Waals surface area (Å²) in [5.41, 5.74) is 0.497. The lowest BCUT2D eigenvalue weighted by molar-refractivity contribution is 0.244. The fourth-order valence-corrected chi connectivity index (χ4v) is 1.71. The maximum atomic E-state index is 11.7. The van der Waals surface area contributed by atoms with Crippen molar-refractivity contribution in [1.82, 2.24) is 10.2 Å². The van der Waals surface area contributed by atoms with Gasteiger partial charge in [0.15, 0.2) is 0 Å². The molecule has 0 aliphatic heterocycles. The van der Waals surface area contributed by atoms with Gasteiger partial charge < -0.3 is 20.3 Å². The van der Waals surface area contributed by atoms with Crippen LogP contribution in [0.4, 0.5) is 10.5 Å². The molecular weight excluding hydrogens is 266 g/mol. The molecule has 1 rings (SSSR count). The van der Waals surface area contributed by atoms with Gasteiger partial charge in [0, 0.05) is 17.8 Å². The van der Waals surface area contributed by atoms with E-state index in [2.05, 4.69) is 15.5 Å². The van der Waals surface area contributed by atoms with Gasteiger partial charge in [-0.05, 0) is 65.6 Å². The molecule has 1 aromatic rings. The van der Waals surface area contributed by atoms with Crippen LogP contribution in [0.15, 0.2) is 24.3 Å². The first-order chi connectivity index (χ1) is 9.76. The molecule has 21 heavy (non-hydrogen) atoms. The maximum Gasteiger partial charge on any atom is 0.319 e. The average molecular weight is 293 g/mol. The van der Waals surface area contributed by atoms with E-state index < -0.39 is 0 Å². The highest BCUT2D eigenvalue weighted by Gasteiger charge is 2.13. The minimum atomic E-state index is -0.250. The normalized spacial score (nSPS) is 11.3. The molecule has 0 unspecified atom stereocenters. The van der Waals surface area contributed by atoms with Crippen molar-refractivity contribution in [2.24, 2.45) is 0 Å². The van der Waals surface area contributed by atoms with Gasteiger partial charge in [-0.2, -0.15) is 0 Å². The first kappa shape index (κ1) is 17.3. The summed E-state index contributed by atoms with van der Waals surface area (Å²) in [7, 11) is 4.09. The van der Waals surface area contributed by atoms with Crippen molar-refractivity contribution >= 4 is 11.7 Å². The second-order valence-corrected chi connectivity index (χ2v) is 6.36. The van der Waals surface area contributed by atoms with Gasteiger partial charge in [0.05, 0.1) is 6.61 Å². The minimum Gasteiger partial charge on any atom is -0.494 e. The topological polar surface area (TPSA) is 53.6 Å². The zero-order valence-electron chi connectivity index (χ0n) is 13.7. The third kappa shape index (κ3) is 8.19. The fourth-order valence-electron chi connectivity index (χ4n) is 1.71. The number of hydrogen-bond acceptors (Lipinski definition) is 3. The Morgan fingerprint density at radius 2 is 1.81 bits per heavy atom. The van der Waals surface area contributed by atoms with E-state index in [0.717, 1.165) is 24.4 Å². The lowest BCUT2D eigenvalue weighted by Crippen LogP contribution is -2.43. The van der Waals surface area contributed by atoms with Crippen molar-refractivity contribution in [2.75, 3.05) is 32.6 Å². The lowest BCUT2D eigenvalue weighted by atomic mass is 10.1. The van der Waals surface area contributed by atoms with Crippen LogP contribution in [-0.4, -0.2) is 43.7 Å². The number of anilines is 1. The number of nitrogens with zero attached hydrogens (tertiary/aromatic N) is 1. The second kappa shape index (κ2) is 7.88. The van der Waals surface area contributed by atoms with Crippen LogP contribution in [0.25, 0.3) is 0 Å². The number of ether oxygens (including phenoxy) is 1. The molecule has 2 N–H and O–H groups in total. The molecule has 0 saturated carbocycles. The SMILES string of the molecule is CN(C)CCCOc1ccc(NC(=O)NC(C)(C)C)cc1. The number of amides is 2. The second-order valence-electron chi connectivity index (χ2n) is 6.36. The summed E-state index contributed by atoms with van der Waals surface area (Å²) >= 11 is 0. The fraction of sp³-hybridized carbons (Fsp3) is 0.562. The van der Waals surface area contributed by atoms with E-state index in [1.165, 1.54) is 0 Å². The molecule has 0 saturated heterocycles. The molecule has 0 heterocycles. The van der Waals surface area contributed by atoms with E-state index in [-0.39, 0.29) is 11.6 Å². The summed E-state index contributed by atoms with van der Waals surface area (Å²) in [6.07, 6.45) is 0.987. The summed E-state index contributed by atoms with van der Waals surface area (Å²) in [4.78, 5) is 13.9. The number of benzene rings is 1. The lowest BCUT2D eigenvalue weighted by Gasteiger charge is -2.20. The highest BCUT2D eigenvalue weighted by Crippen LogP contribution is 2.16. The predicted molar refractivity (Wildman–Crippen MR) is 87.0 cm³/mol. The Kier molecular flexibility index (Phi) is 6.49. The summed E-state index contributed by atoms with van der Waals surface area (Å²) in [5.74, 6) is 0.815. The maximum absolute atomic E-state index is 11.7. The van der Waals surface area contributed by atoms with Gasteiger partial charge in [0.25, 0.3) is 0 Å². The Balaban J connectivity index is 2.38. The third-order valence-electron chi connectivity index (χ3n) is 2.62. The van der Waals surface area contributed by atoms with E-state index in [1.807, 2.05) is 59.1 Å². The van der Waals surface area contributed by atoms with E-state index in [0.29, 0.717) is 6.61 Å². The molecule has 0 aliphatic rings. The highest BCUT2D eigenvalue weighted by atomic mass is 16.5. The van der Waals surface area contributed by atoms with Crippen molar-refractivity contribution in [3.05, 3.63) is 24.3 Å². The molecule has 0 radical (unpaired) electrons. The van der Waals surface area contributed by atoms with Crippen LogP contribution in [0.2, 0.25) is 0 Å². The molecule has 1 aromatic carbocycles. The van der Waals surface area contributed by atoms with Gasteiger partial charge in [-0.1, -0.05) is 0 Å². The molecule has 0 atom stereocenters. The average Bonchev–Trinajstić information content (AvgIpc) is 2.34. The van der Waals surface area contributed by atoms with Crippen LogP contribution in [0, 0.1) is 0 Å². The zero-order chi connectivity index (χ0) is 15.9. The van der Waals surface area contributed by atoms with Crippen molar-refractivity contribution in [2.45, 2.75) is 32.7 Å². The van der Waals surface area contributed by atoms with E-state index in [9.17, 15) is 4.79 Å². The van der Waals surface area contributed by atoms with Gasteiger partial charge in [-0.25, -0.2) is 4.79 Å². The molecule has 0 spiro atoms. The third-order valence-corrected chi connectivity index (χ3v) is 2.62. The monoisotopic (exact) mass is 293 g/mol. The van der Waals surface area contributed by atoms with Crippen LogP contribution in [-0.2, 0) is 0 Å². The molecule has 5 heteroatoms. The number of nitrogens with one attached hydrogen (secondary N) is 2.